The molecule has 0 spiro atoms. The van der Waals surface area contributed by atoms with Crippen LogP contribution in [0.2, 0.25) is 0 Å². The molecule has 15 heteroatoms. The van der Waals surface area contributed by atoms with E-state index < -0.39 is 48.2 Å². The largest absolute Gasteiger partial charge is 0.481 e. The molecule has 0 saturated carbocycles. The third-order valence-electron chi connectivity index (χ3n) is 6.43. The van der Waals surface area contributed by atoms with E-state index in [1.807, 2.05) is 32.0 Å². The zero-order valence-corrected chi connectivity index (χ0v) is 22.2. The number of aliphatic carboxylic acids is 3. The maximum atomic E-state index is 13.6. The van der Waals surface area contributed by atoms with Gasteiger partial charge in [-0.25, -0.2) is 14.3 Å². The number of hydrogen-bond acceptors (Lipinski definition) is 8. The van der Waals surface area contributed by atoms with Crippen molar-refractivity contribution in [3.05, 3.63) is 59.3 Å². The highest BCUT2D eigenvalue weighted by molar-refractivity contribution is 5.88. The van der Waals surface area contributed by atoms with Gasteiger partial charge in [-0.2, -0.15) is 18.3 Å². The number of alkyl halides is 3. The van der Waals surface area contributed by atoms with Gasteiger partial charge in [-0.05, 0) is 43.5 Å². The van der Waals surface area contributed by atoms with Crippen molar-refractivity contribution in [1.29, 1.82) is 0 Å². The summed E-state index contributed by atoms with van der Waals surface area (Å²) in [6, 6.07) is 8.52. The number of carboxylic acids is 3. The standard InChI is InChI=1S/C20H22F3N5.C6H8O7/c1-13(2)15-10-18(20(21,22)23)28-19(25-15)11-16(26-28)17-7-5-9-27(17)12-14-6-3-4-8-24-14;7-3(8)1-6(13,5(11)12)2-4(9)10/h3-4,6,8,10-11,13,17H,5,7,9,12H2,1-2H3;13H,1-2H2,(H,7,8)(H,9,10)(H,11,12). The summed E-state index contributed by atoms with van der Waals surface area (Å²) in [5.41, 5.74) is -1.28. The lowest BCUT2D eigenvalue weighted by Crippen LogP contribution is -2.42. The smallest absolute Gasteiger partial charge is 0.433 e. The molecule has 222 valence electrons. The van der Waals surface area contributed by atoms with E-state index in [-0.39, 0.29) is 17.6 Å². The lowest BCUT2D eigenvalue weighted by Gasteiger charge is -2.22. The zero-order valence-electron chi connectivity index (χ0n) is 22.2. The van der Waals surface area contributed by atoms with Crippen molar-refractivity contribution < 1.29 is 48.0 Å². The fourth-order valence-corrected chi connectivity index (χ4v) is 4.44. The molecule has 4 rings (SSSR count). The highest BCUT2D eigenvalue weighted by Crippen LogP contribution is 2.35. The highest BCUT2D eigenvalue weighted by Gasteiger charge is 2.41. The lowest BCUT2D eigenvalue weighted by atomic mass is 9.96. The molecule has 0 amide bonds. The van der Waals surface area contributed by atoms with Gasteiger partial charge in [0.1, 0.15) is 5.69 Å². The van der Waals surface area contributed by atoms with Gasteiger partial charge in [-0.3, -0.25) is 19.5 Å². The SMILES string of the molecule is CC(C)c1cc(C(F)(F)F)n2nc(C3CCCN3Cc3ccccn3)cc2n1.O=C(O)CC(O)(CC(=O)O)C(=O)O. The Balaban J connectivity index is 0.000000302. The maximum absolute atomic E-state index is 13.6. The minimum atomic E-state index is -4.49. The number of rotatable bonds is 9. The monoisotopic (exact) mass is 581 g/mol. The van der Waals surface area contributed by atoms with Crippen molar-refractivity contribution in [2.24, 2.45) is 0 Å². The Hall–Kier alpha value is -4.11. The molecule has 3 aromatic rings. The summed E-state index contributed by atoms with van der Waals surface area (Å²) in [6.07, 6.45) is -3.20. The van der Waals surface area contributed by atoms with Crippen molar-refractivity contribution in [3.63, 3.8) is 0 Å². The summed E-state index contributed by atoms with van der Waals surface area (Å²) in [6.45, 7) is 5.19. The van der Waals surface area contributed by atoms with Gasteiger partial charge in [0.05, 0.1) is 30.3 Å². The second-order valence-electron chi connectivity index (χ2n) is 9.99. The molecule has 0 bridgehead atoms. The number of fused-ring (bicyclic) bond motifs is 1. The van der Waals surface area contributed by atoms with Crippen LogP contribution >= 0.6 is 0 Å². The molecule has 0 aliphatic carbocycles. The summed E-state index contributed by atoms with van der Waals surface area (Å²) < 4.78 is 41.8. The summed E-state index contributed by atoms with van der Waals surface area (Å²) in [5.74, 6) is -5.12. The third kappa shape index (κ3) is 7.98. The first kappa shape index (κ1) is 31.4. The van der Waals surface area contributed by atoms with E-state index in [1.54, 1.807) is 12.3 Å². The number of nitrogens with zero attached hydrogens (tertiary/aromatic N) is 5. The van der Waals surface area contributed by atoms with Crippen LogP contribution in [0.1, 0.15) is 74.3 Å². The highest BCUT2D eigenvalue weighted by atomic mass is 19.4. The van der Waals surface area contributed by atoms with Gasteiger partial charge in [0.2, 0.25) is 0 Å². The van der Waals surface area contributed by atoms with Crippen molar-refractivity contribution in [3.8, 4) is 0 Å². The number of aliphatic hydroxyl groups is 1. The van der Waals surface area contributed by atoms with E-state index in [4.69, 9.17) is 20.4 Å². The molecule has 1 saturated heterocycles. The molecule has 1 aliphatic heterocycles. The van der Waals surface area contributed by atoms with Gasteiger partial charge in [0, 0.05) is 24.5 Å². The average molecular weight is 582 g/mol. The van der Waals surface area contributed by atoms with Crippen LogP contribution in [-0.4, -0.2) is 75.0 Å². The van der Waals surface area contributed by atoms with Crippen molar-refractivity contribution in [2.45, 2.75) is 69.8 Å². The van der Waals surface area contributed by atoms with Crippen LogP contribution < -0.4 is 0 Å². The van der Waals surface area contributed by atoms with Crippen LogP contribution in [0, 0.1) is 0 Å². The number of carbonyl (C=O) groups is 3. The molecule has 4 heterocycles. The minimum Gasteiger partial charge on any atom is -0.481 e. The molecule has 3 aromatic heterocycles. The number of hydrogen-bond donors (Lipinski definition) is 4. The number of aromatic nitrogens is 4. The molecule has 4 N–H and O–H groups in total. The Labute approximate surface area is 232 Å². The van der Waals surface area contributed by atoms with Gasteiger partial charge in [-0.15, -0.1) is 0 Å². The number of carboxylic acid groups (broad SMARTS) is 3. The van der Waals surface area contributed by atoms with Gasteiger partial charge in [0.15, 0.2) is 11.2 Å². The van der Waals surface area contributed by atoms with E-state index in [9.17, 15) is 27.6 Å². The van der Waals surface area contributed by atoms with Crippen LogP contribution in [0.3, 0.4) is 0 Å². The second-order valence-corrected chi connectivity index (χ2v) is 9.99. The van der Waals surface area contributed by atoms with Crippen LogP contribution in [0.4, 0.5) is 13.2 Å². The maximum Gasteiger partial charge on any atom is 0.433 e. The molecule has 41 heavy (non-hydrogen) atoms. The predicted molar refractivity (Wildman–Crippen MR) is 136 cm³/mol. The Morgan fingerprint density at radius 3 is 2.24 bits per heavy atom. The van der Waals surface area contributed by atoms with Crippen molar-refractivity contribution in [1.82, 2.24) is 24.5 Å². The van der Waals surface area contributed by atoms with Gasteiger partial charge in [-0.1, -0.05) is 19.9 Å². The van der Waals surface area contributed by atoms with Crippen LogP contribution in [0.15, 0.2) is 36.5 Å². The summed E-state index contributed by atoms with van der Waals surface area (Å²) in [4.78, 5) is 41.5. The molecule has 1 atom stereocenters. The van der Waals surface area contributed by atoms with Crippen molar-refractivity contribution in [2.75, 3.05) is 6.54 Å². The van der Waals surface area contributed by atoms with Gasteiger partial charge < -0.3 is 20.4 Å². The predicted octanol–water partition coefficient (Wildman–Crippen LogP) is 3.36. The zero-order chi connectivity index (χ0) is 30.5. The quantitative estimate of drug-likeness (QED) is 0.291. The molecule has 0 radical (unpaired) electrons. The first-order valence-electron chi connectivity index (χ1n) is 12.6. The van der Waals surface area contributed by atoms with Crippen LogP contribution in [-0.2, 0) is 27.1 Å². The molecule has 1 aliphatic rings. The summed E-state index contributed by atoms with van der Waals surface area (Å²) in [7, 11) is 0. The normalized spacial score (nSPS) is 16.0. The minimum absolute atomic E-state index is 0.0349. The number of halogens is 3. The Bertz CT molecular complexity index is 1380. The topological polar surface area (TPSA) is 178 Å². The van der Waals surface area contributed by atoms with Gasteiger partial charge in [0.25, 0.3) is 0 Å². The number of pyridine rings is 1. The summed E-state index contributed by atoms with van der Waals surface area (Å²) >= 11 is 0. The van der Waals surface area contributed by atoms with Gasteiger partial charge >= 0.3 is 24.1 Å². The first-order chi connectivity index (χ1) is 19.1. The Kier molecular flexibility index (Phi) is 9.65. The third-order valence-corrected chi connectivity index (χ3v) is 6.43. The van der Waals surface area contributed by atoms with E-state index in [2.05, 4.69) is 20.0 Å². The lowest BCUT2D eigenvalue weighted by molar-refractivity contribution is -0.170. The van der Waals surface area contributed by atoms with Crippen molar-refractivity contribution >= 4 is 23.6 Å². The van der Waals surface area contributed by atoms with E-state index in [0.29, 0.717) is 17.9 Å². The fraction of sp³-hybridized carbons (Fsp3) is 0.462. The Morgan fingerprint density at radius 1 is 1.07 bits per heavy atom. The molecular weight excluding hydrogens is 551 g/mol. The molecule has 1 unspecified atom stereocenters. The number of likely N-dealkylation sites (tertiary alicyclic amines) is 1. The molecule has 1 fully saturated rings. The first-order valence-corrected chi connectivity index (χ1v) is 12.6. The molecule has 12 nitrogen and oxygen atoms in total. The second kappa shape index (κ2) is 12.6. The van der Waals surface area contributed by atoms with E-state index in [0.717, 1.165) is 35.7 Å². The fourth-order valence-electron chi connectivity index (χ4n) is 4.44. The molecule has 0 aromatic carbocycles. The average Bonchev–Trinajstić information content (AvgIpc) is 3.49. The molecular formula is C26H30F3N5O7. The van der Waals surface area contributed by atoms with Crippen LogP contribution in [0.5, 0.6) is 0 Å². The van der Waals surface area contributed by atoms with Crippen LogP contribution in [0.25, 0.3) is 5.65 Å². The summed E-state index contributed by atoms with van der Waals surface area (Å²) in [5, 5.41) is 38.1. The van der Waals surface area contributed by atoms with E-state index >= 15 is 0 Å². The Morgan fingerprint density at radius 2 is 1.73 bits per heavy atom. The van der Waals surface area contributed by atoms with E-state index in [1.165, 1.54) is 0 Å².